The SMILES string of the molecule is Cc1cc(C)nc(SCc2cc(C#CCO)cs2)c1. The molecule has 0 atom stereocenters. The number of hydrogen-bond acceptors (Lipinski definition) is 4. The average molecular weight is 289 g/mol. The van der Waals surface area contributed by atoms with Crippen molar-refractivity contribution in [3.63, 3.8) is 0 Å². The highest BCUT2D eigenvalue weighted by Crippen LogP contribution is 2.25. The standard InChI is InChI=1S/C15H15NOS2/c1-11-6-12(2)16-15(7-11)19-10-14-8-13(9-18-14)4-3-5-17/h6-9,17H,5,10H2,1-2H3. The summed E-state index contributed by atoms with van der Waals surface area (Å²) in [7, 11) is 0. The fraction of sp³-hybridized carbons (Fsp3) is 0.267. The lowest BCUT2D eigenvalue weighted by Crippen LogP contribution is -1.87. The lowest BCUT2D eigenvalue weighted by atomic mass is 10.3. The van der Waals surface area contributed by atoms with Gasteiger partial charge in [-0.25, -0.2) is 4.98 Å². The molecule has 2 rings (SSSR count). The number of aryl methyl sites for hydroxylation is 2. The Bertz CT molecular complexity index is 602. The molecule has 1 N–H and O–H groups in total. The van der Waals surface area contributed by atoms with Crippen LogP contribution in [0.4, 0.5) is 0 Å². The molecule has 0 aliphatic heterocycles. The van der Waals surface area contributed by atoms with Crippen LogP contribution in [0.5, 0.6) is 0 Å². The van der Waals surface area contributed by atoms with Crippen LogP contribution in [-0.4, -0.2) is 16.7 Å². The quantitative estimate of drug-likeness (QED) is 0.694. The Morgan fingerprint density at radius 2 is 2.16 bits per heavy atom. The van der Waals surface area contributed by atoms with Crippen LogP contribution >= 0.6 is 23.1 Å². The fourth-order valence-electron chi connectivity index (χ4n) is 1.69. The van der Waals surface area contributed by atoms with Crippen molar-refractivity contribution in [1.29, 1.82) is 0 Å². The first-order valence-corrected chi connectivity index (χ1v) is 7.79. The Labute approximate surface area is 121 Å². The van der Waals surface area contributed by atoms with Gasteiger partial charge in [0.05, 0.1) is 5.03 Å². The van der Waals surface area contributed by atoms with Crippen LogP contribution in [0.1, 0.15) is 21.7 Å². The zero-order valence-electron chi connectivity index (χ0n) is 10.9. The van der Waals surface area contributed by atoms with E-state index in [1.807, 2.05) is 12.3 Å². The molecule has 98 valence electrons. The molecule has 0 spiro atoms. The van der Waals surface area contributed by atoms with E-state index in [2.05, 4.69) is 41.9 Å². The molecule has 2 heterocycles. The Balaban J connectivity index is 2.00. The third-order valence-corrected chi connectivity index (χ3v) is 4.48. The van der Waals surface area contributed by atoms with Gasteiger partial charge in [-0.2, -0.15) is 0 Å². The molecule has 0 unspecified atom stereocenters. The molecule has 0 saturated heterocycles. The number of aromatic nitrogens is 1. The molecule has 4 heteroatoms. The third-order valence-electron chi connectivity index (χ3n) is 2.40. The largest absolute Gasteiger partial charge is 0.384 e. The monoisotopic (exact) mass is 289 g/mol. The Morgan fingerprint density at radius 3 is 2.89 bits per heavy atom. The van der Waals surface area contributed by atoms with Gasteiger partial charge < -0.3 is 5.11 Å². The molecule has 0 fully saturated rings. The van der Waals surface area contributed by atoms with Crippen LogP contribution in [-0.2, 0) is 5.75 Å². The second kappa shape index (κ2) is 6.76. The summed E-state index contributed by atoms with van der Waals surface area (Å²) in [6, 6.07) is 6.26. The minimum absolute atomic E-state index is 0.0909. The first kappa shape index (κ1) is 14.1. The van der Waals surface area contributed by atoms with Crippen LogP contribution in [0.15, 0.2) is 28.6 Å². The predicted molar refractivity (Wildman–Crippen MR) is 81.6 cm³/mol. The van der Waals surface area contributed by atoms with Gasteiger partial charge in [-0.05, 0) is 37.6 Å². The van der Waals surface area contributed by atoms with Gasteiger partial charge in [-0.3, -0.25) is 0 Å². The molecule has 0 amide bonds. The van der Waals surface area contributed by atoms with Gasteiger partial charge in [0.2, 0.25) is 0 Å². The summed E-state index contributed by atoms with van der Waals surface area (Å²) in [6.07, 6.45) is 0. The number of aliphatic hydroxyl groups is 1. The molecule has 2 nitrogen and oxygen atoms in total. The van der Waals surface area contributed by atoms with Gasteiger partial charge in [0.25, 0.3) is 0 Å². The molecular weight excluding hydrogens is 274 g/mol. The van der Waals surface area contributed by atoms with Crippen molar-refractivity contribution in [3.05, 3.63) is 45.3 Å². The van der Waals surface area contributed by atoms with E-state index in [1.165, 1.54) is 10.4 Å². The van der Waals surface area contributed by atoms with E-state index in [4.69, 9.17) is 5.11 Å². The van der Waals surface area contributed by atoms with Crippen LogP contribution in [0.25, 0.3) is 0 Å². The Kier molecular flexibility index (Phi) is 5.03. The van der Waals surface area contributed by atoms with Crippen molar-refractivity contribution in [2.45, 2.75) is 24.6 Å². The second-order valence-corrected chi connectivity index (χ2v) is 6.17. The minimum atomic E-state index is -0.0909. The summed E-state index contributed by atoms with van der Waals surface area (Å²) in [5, 5.41) is 11.7. The molecule has 0 aliphatic carbocycles. The summed E-state index contributed by atoms with van der Waals surface area (Å²) in [6.45, 7) is 4.02. The highest BCUT2D eigenvalue weighted by Gasteiger charge is 2.02. The van der Waals surface area contributed by atoms with Crippen molar-refractivity contribution >= 4 is 23.1 Å². The summed E-state index contributed by atoms with van der Waals surface area (Å²) in [5.41, 5.74) is 3.28. The van der Waals surface area contributed by atoms with Gasteiger partial charge in [-0.1, -0.05) is 11.8 Å². The van der Waals surface area contributed by atoms with Gasteiger partial charge in [0.15, 0.2) is 0 Å². The predicted octanol–water partition coefficient (Wildman–Crippen LogP) is 3.40. The van der Waals surface area contributed by atoms with Crippen LogP contribution in [0.3, 0.4) is 0 Å². The van der Waals surface area contributed by atoms with Crippen molar-refractivity contribution in [2.75, 3.05) is 6.61 Å². The maximum Gasteiger partial charge on any atom is 0.104 e. The highest BCUT2D eigenvalue weighted by atomic mass is 32.2. The van der Waals surface area contributed by atoms with Gasteiger partial charge in [-0.15, -0.1) is 23.1 Å². The number of thioether (sulfide) groups is 1. The van der Waals surface area contributed by atoms with Crippen LogP contribution in [0, 0.1) is 25.7 Å². The zero-order chi connectivity index (χ0) is 13.7. The fourth-order valence-corrected chi connectivity index (χ4v) is 3.59. The average Bonchev–Trinajstić information content (AvgIpc) is 2.81. The van der Waals surface area contributed by atoms with Crippen molar-refractivity contribution in [3.8, 4) is 11.8 Å². The molecule has 0 bridgehead atoms. The maximum absolute atomic E-state index is 8.66. The smallest absolute Gasteiger partial charge is 0.104 e. The van der Waals surface area contributed by atoms with Crippen molar-refractivity contribution in [1.82, 2.24) is 4.98 Å². The molecule has 2 aromatic rings. The lowest BCUT2D eigenvalue weighted by molar-refractivity contribution is 0.350. The summed E-state index contributed by atoms with van der Waals surface area (Å²) in [5.74, 6) is 6.48. The number of nitrogens with zero attached hydrogens (tertiary/aromatic N) is 1. The van der Waals surface area contributed by atoms with E-state index in [0.717, 1.165) is 22.0 Å². The van der Waals surface area contributed by atoms with E-state index in [0.29, 0.717) is 0 Å². The highest BCUT2D eigenvalue weighted by molar-refractivity contribution is 7.98. The van der Waals surface area contributed by atoms with E-state index in [9.17, 15) is 0 Å². The molecule has 2 aromatic heterocycles. The first-order chi connectivity index (χ1) is 9.17. The van der Waals surface area contributed by atoms with E-state index < -0.39 is 0 Å². The van der Waals surface area contributed by atoms with Crippen molar-refractivity contribution in [2.24, 2.45) is 0 Å². The van der Waals surface area contributed by atoms with E-state index >= 15 is 0 Å². The topological polar surface area (TPSA) is 33.1 Å². The molecule has 0 saturated carbocycles. The normalized spacial score (nSPS) is 10.1. The van der Waals surface area contributed by atoms with Gasteiger partial charge in [0.1, 0.15) is 6.61 Å². The third kappa shape index (κ3) is 4.39. The second-order valence-electron chi connectivity index (χ2n) is 4.17. The summed E-state index contributed by atoms with van der Waals surface area (Å²) >= 11 is 3.44. The van der Waals surface area contributed by atoms with E-state index in [1.54, 1.807) is 23.1 Å². The number of rotatable bonds is 3. The minimum Gasteiger partial charge on any atom is -0.384 e. The number of aliphatic hydroxyl groups excluding tert-OH is 1. The molecule has 0 radical (unpaired) electrons. The number of thiophene rings is 1. The van der Waals surface area contributed by atoms with E-state index in [-0.39, 0.29) is 6.61 Å². The van der Waals surface area contributed by atoms with Gasteiger partial charge >= 0.3 is 0 Å². The van der Waals surface area contributed by atoms with Crippen LogP contribution < -0.4 is 0 Å². The summed E-state index contributed by atoms with van der Waals surface area (Å²) < 4.78 is 0. The Hall–Kier alpha value is -1.28. The van der Waals surface area contributed by atoms with Crippen LogP contribution in [0.2, 0.25) is 0 Å². The molecule has 0 aliphatic rings. The molecule has 0 aromatic carbocycles. The molecule has 19 heavy (non-hydrogen) atoms. The maximum atomic E-state index is 8.66. The van der Waals surface area contributed by atoms with Gasteiger partial charge in [0, 0.05) is 27.3 Å². The number of pyridine rings is 1. The molecular formula is C15H15NOS2. The first-order valence-electron chi connectivity index (χ1n) is 5.92. The lowest BCUT2D eigenvalue weighted by Gasteiger charge is -2.02. The zero-order valence-corrected chi connectivity index (χ0v) is 12.6. The Morgan fingerprint density at radius 1 is 1.32 bits per heavy atom. The van der Waals surface area contributed by atoms with Crippen molar-refractivity contribution < 1.29 is 5.11 Å². The summed E-state index contributed by atoms with van der Waals surface area (Å²) in [4.78, 5) is 5.78. The number of hydrogen-bond donors (Lipinski definition) is 1.